The molecular formula is C13H24ClN3O2. The van der Waals surface area contributed by atoms with Gasteiger partial charge in [-0.2, -0.15) is 0 Å². The van der Waals surface area contributed by atoms with E-state index in [4.69, 9.17) is 0 Å². The van der Waals surface area contributed by atoms with E-state index in [1.807, 2.05) is 11.8 Å². The van der Waals surface area contributed by atoms with Crippen LogP contribution in [0.1, 0.15) is 32.6 Å². The molecule has 6 heteroatoms. The lowest BCUT2D eigenvalue weighted by Gasteiger charge is -2.35. The lowest BCUT2D eigenvalue weighted by Crippen LogP contribution is -2.55. The molecule has 2 amide bonds. The molecule has 2 fully saturated rings. The number of likely N-dealkylation sites (tertiary alicyclic amines) is 1. The average Bonchev–Trinajstić information content (AvgIpc) is 2.55. The quantitative estimate of drug-likeness (QED) is 0.811. The number of halogens is 1. The first-order valence-corrected chi connectivity index (χ1v) is 6.96. The fraction of sp³-hybridized carbons (Fsp3) is 0.846. The van der Waals surface area contributed by atoms with Gasteiger partial charge in [0, 0.05) is 38.6 Å². The van der Waals surface area contributed by atoms with E-state index >= 15 is 0 Å². The maximum absolute atomic E-state index is 12.2. The molecule has 2 aliphatic rings. The molecule has 110 valence electrons. The van der Waals surface area contributed by atoms with Gasteiger partial charge in [0.05, 0.1) is 6.54 Å². The zero-order chi connectivity index (χ0) is 13.0. The van der Waals surface area contributed by atoms with E-state index in [0.29, 0.717) is 6.42 Å². The highest BCUT2D eigenvalue weighted by molar-refractivity contribution is 5.85. The minimum atomic E-state index is 0. The second-order valence-corrected chi connectivity index (χ2v) is 5.27. The lowest BCUT2D eigenvalue weighted by atomic mass is 10.2. The van der Waals surface area contributed by atoms with E-state index in [-0.39, 0.29) is 36.8 Å². The molecule has 1 atom stereocenters. The number of amides is 2. The number of nitrogens with zero attached hydrogens (tertiary/aromatic N) is 2. The number of nitrogens with one attached hydrogen (secondary N) is 1. The van der Waals surface area contributed by atoms with Gasteiger partial charge in [0.15, 0.2) is 0 Å². The molecule has 2 aliphatic heterocycles. The van der Waals surface area contributed by atoms with Gasteiger partial charge < -0.3 is 15.1 Å². The van der Waals surface area contributed by atoms with Crippen molar-refractivity contribution in [1.82, 2.24) is 15.1 Å². The third-order valence-corrected chi connectivity index (χ3v) is 3.82. The molecular weight excluding hydrogens is 266 g/mol. The van der Waals surface area contributed by atoms with E-state index in [1.54, 1.807) is 4.90 Å². The predicted molar refractivity (Wildman–Crippen MR) is 76.3 cm³/mol. The number of carbonyl (C=O) groups is 2. The molecule has 0 spiro atoms. The maximum atomic E-state index is 12.2. The van der Waals surface area contributed by atoms with Crippen molar-refractivity contribution in [1.29, 1.82) is 0 Å². The van der Waals surface area contributed by atoms with Crippen LogP contribution in [-0.2, 0) is 9.59 Å². The van der Waals surface area contributed by atoms with Crippen LogP contribution in [0.5, 0.6) is 0 Å². The minimum absolute atomic E-state index is 0. The summed E-state index contributed by atoms with van der Waals surface area (Å²) < 4.78 is 0. The van der Waals surface area contributed by atoms with Gasteiger partial charge in [0.1, 0.15) is 0 Å². The molecule has 19 heavy (non-hydrogen) atoms. The van der Waals surface area contributed by atoms with Crippen molar-refractivity contribution in [2.24, 2.45) is 0 Å². The van der Waals surface area contributed by atoms with Gasteiger partial charge in [0.2, 0.25) is 11.8 Å². The molecule has 0 aliphatic carbocycles. The monoisotopic (exact) mass is 289 g/mol. The van der Waals surface area contributed by atoms with Crippen LogP contribution in [0.2, 0.25) is 0 Å². The van der Waals surface area contributed by atoms with Crippen molar-refractivity contribution in [2.45, 2.75) is 38.6 Å². The number of rotatable bonds is 2. The van der Waals surface area contributed by atoms with Crippen molar-refractivity contribution in [3.05, 3.63) is 0 Å². The van der Waals surface area contributed by atoms with Gasteiger partial charge in [-0.15, -0.1) is 12.4 Å². The summed E-state index contributed by atoms with van der Waals surface area (Å²) >= 11 is 0. The predicted octanol–water partition coefficient (Wildman–Crippen LogP) is 0.631. The van der Waals surface area contributed by atoms with E-state index < -0.39 is 0 Å². The highest BCUT2D eigenvalue weighted by atomic mass is 35.5. The van der Waals surface area contributed by atoms with Gasteiger partial charge >= 0.3 is 0 Å². The Morgan fingerprint density at radius 3 is 2.84 bits per heavy atom. The lowest BCUT2D eigenvalue weighted by molar-refractivity contribution is -0.141. The number of hydrogen-bond donors (Lipinski definition) is 1. The summed E-state index contributed by atoms with van der Waals surface area (Å²) in [5.74, 6) is 0.239. The van der Waals surface area contributed by atoms with Crippen molar-refractivity contribution in [2.75, 3.05) is 32.7 Å². The van der Waals surface area contributed by atoms with Gasteiger partial charge in [-0.25, -0.2) is 0 Å². The first-order valence-electron chi connectivity index (χ1n) is 6.96. The van der Waals surface area contributed by atoms with Crippen LogP contribution in [0.4, 0.5) is 0 Å². The second kappa shape index (κ2) is 7.70. The number of piperazine rings is 1. The molecule has 2 saturated heterocycles. The molecule has 0 aromatic rings. The van der Waals surface area contributed by atoms with Gasteiger partial charge in [0.25, 0.3) is 0 Å². The Balaban J connectivity index is 0.00000180. The van der Waals surface area contributed by atoms with Gasteiger partial charge in [-0.05, 0) is 19.8 Å². The standard InChI is InChI=1S/C13H23N3O2.ClH/c1-11-9-14-6-8-16(11)13(18)10-15-7-4-2-3-5-12(15)17;/h11,14H,2-10H2,1H3;1H/t11-;/m0./s1. The molecule has 0 aromatic carbocycles. The molecule has 0 saturated carbocycles. The largest absolute Gasteiger partial charge is 0.336 e. The fourth-order valence-electron chi connectivity index (χ4n) is 2.67. The summed E-state index contributed by atoms with van der Waals surface area (Å²) in [7, 11) is 0. The summed E-state index contributed by atoms with van der Waals surface area (Å²) in [6, 6.07) is 0.230. The summed E-state index contributed by atoms with van der Waals surface area (Å²) in [5, 5.41) is 3.27. The minimum Gasteiger partial charge on any atom is -0.336 e. The summed E-state index contributed by atoms with van der Waals surface area (Å²) in [4.78, 5) is 27.7. The van der Waals surface area contributed by atoms with Crippen LogP contribution in [0, 0.1) is 0 Å². The van der Waals surface area contributed by atoms with Crippen LogP contribution in [0.3, 0.4) is 0 Å². The molecule has 0 radical (unpaired) electrons. The molecule has 2 rings (SSSR count). The van der Waals surface area contributed by atoms with Crippen LogP contribution < -0.4 is 5.32 Å². The van der Waals surface area contributed by atoms with Crippen molar-refractivity contribution in [3.63, 3.8) is 0 Å². The molecule has 5 nitrogen and oxygen atoms in total. The zero-order valence-corrected chi connectivity index (χ0v) is 12.4. The Kier molecular flexibility index (Phi) is 6.58. The highest BCUT2D eigenvalue weighted by Crippen LogP contribution is 2.12. The first-order chi connectivity index (χ1) is 8.68. The number of carbonyl (C=O) groups excluding carboxylic acids is 2. The topological polar surface area (TPSA) is 52.7 Å². The third kappa shape index (κ3) is 4.35. The van der Waals surface area contributed by atoms with Crippen LogP contribution >= 0.6 is 12.4 Å². The van der Waals surface area contributed by atoms with E-state index in [9.17, 15) is 9.59 Å². The van der Waals surface area contributed by atoms with E-state index in [0.717, 1.165) is 45.4 Å². The highest BCUT2D eigenvalue weighted by Gasteiger charge is 2.26. The molecule has 2 heterocycles. The molecule has 1 N–H and O–H groups in total. The second-order valence-electron chi connectivity index (χ2n) is 5.27. The fourth-order valence-corrected chi connectivity index (χ4v) is 2.67. The van der Waals surface area contributed by atoms with Crippen molar-refractivity contribution in [3.8, 4) is 0 Å². The Hall–Kier alpha value is -0.810. The van der Waals surface area contributed by atoms with E-state index in [1.165, 1.54) is 0 Å². The maximum Gasteiger partial charge on any atom is 0.242 e. The normalized spacial score (nSPS) is 24.7. The number of hydrogen-bond acceptors (Lipinski definition) is 3. The Morgan fingerprint density at radius 2 is 2.11 bits per heavy atom. The van der Waals surface area contributed by atoms with Crippen molar-refractivity contribution >= 4 is 24.2 Å². The SMILES string of the molecule is C[C@H]1CNCCN1C(=O)CN1CCCCCC1=O.Cl. The molecule has 0 bridgehead atoms. The Labute approximate surface area is 121 Å². The Bertz CT molecular complexity index is 325. The Morgan fingerprint density at radius 1 is 1.32 bits per heavy atom. The van der Waals surface area contributed by atoms with Crippen molar-refractivity contribution < 1.29 is 9.59 Å². The third-order valence-electron chi connectivity index (χ3n) is 3.82. The first kappa shape index (κ1) is 16.2. The van der Waals surface area contributed by atoms with Crippen LogP contribution in [0.25, 0.3) is 0 Å². The summed E-state index contributed by atoms with van der Waals surface area (Å²) in [5.41, 5.74) is 0. The summed E-state index contributed by atoms with van der Waals surface area (Å²) in [6.45, 7) is 5.51. The van der Waals surface area contributed by atoms with Crippen LogP contribution in [0.15, 0.2) is 0 Å². The molecule has 0 unspecified atom stereocenters. The molecule has 0 aromatic heterocycles. The van der Waals surface area contributed by atoms with Gasteiger partial charge in [-0.3, -0.25) is 9.59 Å². The van der Waals surface area contributed by atoms with E-state index in [2.05, 4.69) is 5.32 Å². The van der Waals surface area contributed by atoms with Crippen LogP contribution in [-0.4, -0.2) is 60.4 Å². The summed E-state index contributed by atoms with van der Waals surface area (Å²) in [6.07, 6.45) is 3.69. The zero-order valence-electron chi connectivity index (χ0n) is 11.6. The van der Waals surface area contributed by atoms with Gasteiger partial charge in [-0.1, -0.05) is 6.42 Å². The average molecular weight is 290 g/mol. The smallest absolute Gasteiger partial charge is 0.242 e.